The normalized spacial score (nSPS) is 13.5. The summed E-state index contributed by atoms with van der Waals surface area (Å²) < 4.78 is 5.54. The molecule has 4 aromatic rings. The Bertz CT molecular complexity index is 1400. The van der Waals surface area contributed by atoms with Crippen molar-refractivity contribution in [1.29, 1.82) is 5.26 Å². The van der Waals surface area contributed by atoms with Crippen molar-refractivity contribution in [2.45, 2.75) is 0 Å². The summed E-state index contributed by atoms with van der Waals surface area (Å²) in [6.45, 7) is 2.79. The number of halogens is 1. The molecule has 0 unspecified atom stereocenters. The smallest absolute Gasteiger partial charge is 0.356 e. The second-order valence-electron chi connectivity index (χ2n) is 8.14. The Morgan fingerprint density at radius 1 is 0.735 bits per heavy atom. The lowest BCUT2D eigenvalue weighted by Gasteiger charge is -2.37. The van der Waals surface area contributed by atoms with Gasteiger partial charge in [0.25, 0.3) is 0 Å². The van der Waals surface area contributed by atoms with Crippen LogP contribution in [0, 0.1) is 11.3 Å². The molecule has 1 aliphatic rings. The fourth-order valence-electron chi connectivity index (χ4n) is 4.33. The number of piperazine rings is 1. The Hall–Kier alpha value is -4.01. The van der Waals surface area contributed by atoms with Crippen molar-refractivity contribution in [3.05, 3.63) is 106 Å². The Morgan fingerprint density at radius 3 is 1.94 bits per heavy atom. The summed E-state index contributed by atoms with van der Waals surface area (Å²) in [6, 6.07) is 29.6. The lowest BCUT2D eigenvalue weighted by atomic mass is 10.0. The van der Waals surface area contributed by atoms with Crippen molar-refractivity contribution in [1.82, 2.24) is 0 Å². The zero-order chi connectivity index (χ0) is 23.5. The quantitative estimate of drug-likeness (QED) is 0.378. The van der Waals surface area contributed by atoms with Crippen molar-refractivity contribution in [2.75, 3.05) is 36.0 Å². The molecule has 0 saturated carbocycles. The Kier molecular flexibility index (Phi) is 6.07. The molecule has 0 N–H and O–H groups in total. The number of hydrogen-bond donors (Lipinski definition) is 0. The van der Waals surface area contributed by atoms with Gasteiger partial charge in [-0.3, -0.25) is 0 Å². The molecule has 6 heteroatoms. The molecule has 0 aliphatic carbocycles. The molecule has 168 valence electrons. The highest BCUT2D eigenvalue weighted by molar-refractivity contribution is 6.33. The van der Waals surface area contributed by atoms with E-state index in [1.807, 2.05) is 78.9 Å². The lowest BCUT2D eigenvalue weighted by Crippen LogP contribution is -2.47. The van der Waals surface area contributed by atoms with Crippen molar-refractivity contribution in [2.24, 2.45) is 0 Å². The molecule has 0 spiro atoms. The Labute approximate surface area is 203 Å². The fraction of sp³-hybridized carbons (Fsp3) is 0.143. The number of para-hydroxylation sites is 1. The van der Waals surface area contributed by atoms with Crippen LogP contribution in [0.3, 0.4) is 0 Å². The minimum atomic E-state index is -0.615. The topological polar surface area (TPSA) is 60.5 Å². The van der Waals surface area contributed by atoms with E-state index >= 15 is 0 Å². The number of anilines is 2. The molecule has 1 aromatic heterocycles. The van der Waals surface area contributed by atoms with E-state index in [1.165, 1.54) is 0 Å². The minimum Gasteiger partial charge on any atom is -0.422 e. The molecule has 0 atom stereocenters. The predicted molar refractivity (Wildman–Crippen MR) is 136 cm³/mol. The van der Waals surface area contributed by atoms with Gasteiger partial charge in [-0.2, -0.15) is 5.26 Å². The number of hydrogen-bond acceptors (Lipinski definition) is 5. The van der Waals surface area contributed by atoms with Gasteiger partial charge < -0.3 is 14.2 Å². The second-order valence-corrected chi connectivity index (χ2v) is 8.55. The maximum atomic E-state index is 12.7. The molecular weight excluding hydrogens is 446 g/mol. The van der Waals surface area contributed by atoms with Crippen LogP contribution in [-0.4, -0.2) is 26.2 Å². The van der Waals surface area contributed by atoms with Crippen LogP contribution in [0.5, 0.6) is 0 Å². The average Bonchev–Trinajstić information content (AvgIpc) is 2.89. The standard InChI is InChI=1S/C28H22ClN3O2/c29-24-8-4-5-9-25(24)31-14-16-32(17-15-31)26-18-27(34-28(33)23(26)19-30)22-12-10-21(11-13-22)20-6-2-1-3-7-20/h1-13,18H,14-17H2. The van der Waals surface area contributed by atoms with Gasteiger partial charge in [0.2, 0.25) is 0 Å². The highest BCUT2D eigenvalue weighted by atomic mass is 35.5. The molecule has 1 aliphatic heterocycles. The summed E-state index contributed by atoms with van der Waals surface area (Å²) in [5.74, 6) is 0.451. The zero-order valence-electron chi connectivity index (χ0n) is 18.4. The van der Waals surface area contributed by atoms with E-state index < -0.39 is 5.63 Å². The van der Waals surface area contributed by atoms with E-state index in [-0.39, 0.29) is 5.56 Å². The van der Waals surface area contributed by atoms with Gasteiger partial charge in [-0.25, -0.2) is 4.79 Å². The van der Waals surface area contributed by atoms with E-state index in [4.69, 9.17) is 16.0 Å². The van der Waals surface area contributed by atoms with Crippen molar-refractivity contribution < 1.29 is 4.42 Å². The number of benzene rings is 3. The second kappa shape index (κ2) is 9.46. The zero-order valence-corrected chi connectivity index (χ0v) is 19.2. The molecular formula is C28H22ClN3O2. The van der Waals surface area contributed by atoms with E-state index in [9.17, 15) is 10.1 Å². The van der Waals surface area contributed by atoms with Gasteiger partial charge in [-0.05, 0) is 23.3 Å². The van der Waals surface area contributed by atoms with Crippen LogP contribution in [0.4, 0.5) is 11.4 Å². The highest BCUT2D eigenvalue weighted by Crippen LogP contribution is 2.31. The fourth-order valence-corrected chi connectivity index (χ4v) is 4.59. The van der Waals surface area contributed by atoms with Crippen molar-refractivity contribution in [3.8, 4) is 28.5 Å². The van der Waals surface area contributed by atoms with Gasteiger partial charge in [0.05, 0.1) is 16.4 Å². The molecule has 0 bridgehead atoms. The van der Waals surface area contributed by atoms with E-state index in [1.54, 1.807) is 0 Å². The van der Waals surface area contributed by atoms with Crippen LogP contribution in [0.25, 0.3) is 22.5 Å². The van der Waals surface area contributed by atoms with Crippen LogP contribution < -0.4 is 15.4 Å². The summed E-state index contributed by atoms with van der Waals surface area (Å²) >= 11 is 6.37. The maximum absolute atomic E-state index is 12.7. The van der Waals surface area contributed by atoms with E-state index in [2.05, 4.69) is 21.9 Å². The molecule has 1 saturated heterocycles. The molecule has 0 amide bonds. The van der Waals surface area contributed by atoms with Crippen LogP contribution in [0.2, 0.25) is 5.02 Å². The molecule has 5 rings (SSSR count). The first-order chi connectivity index (χ1) is 16.6. The summed E-state index contributed by atoms with van der Waals surface area (Å²) in [4.78, 5) is 17.0. The summed E-state index contributed by atoms with van der Waals surface area (Å²) in [7, 11) is 0. The Balaban J connectivity index is 1.42. The molecule has 2 heterocycles. The largest absolute Gasteiger partial charge is 0.422 e. The van der Waals surface area contributed by atoms with Gasteiger partial charge in [-0.15, -0.1) is 0 Å². The van der Waals surface area contributed by atoms with Crippen LogP contribution in [0.15, 0.2) is 94.1 Å². The molecule has 1 fully saturated rings. The number of nitriles is 1. The van der Waals surface area contributed by atoms with Crippen LogP contribution >= 0.6 is 11.6 Å². The Morgan fingerprint density at radius 2 is 1.29 bits per heavy atom. The third kappa shape index (κ3) is 4.28. The van der Waals surface area contributed by atoms with Crippen LogP contribution in [0.1, 0.15) is 5.56 Å². The molecule has 34 heavy (non-hydrogen) atoms. The van der Waals surface area contributed by atoms with Gasteiger partial charge >= 0.3 is 5.63 Å². The molecule has 0 radical (unpaired) electrons. The van der Waals surface area contributed by atoms with Gasteiger partial charge in [0.15, 0.2) is 5.56 Å². The molecule has 3 aromatic carbocycles. The minimum absolute atomic E-state index is 0.0378. The van der Waals surface area contributed by atoms with Crippen molar-refractivity contribution >= 4 is 23.0 Å². The monoisotopic (exact) mass is 467 g/mol. The first-order valence-electron chi connectivity index (χ1n) is 11.1. The summed E-state index contributed by atoms with van der Waals surface area (Å²) in [5.41, 5.74) is 4.02. The van der Waals surface area contributed by atoms with Gasteiger partial charge in [0.1, 0.15) is 11.8 Å². The van der Waals surface area contributed by atoms with Crippen LogP contribution in [-0.2, 0) is 0 Å². The SMILES string of the molecule is N#Cc1c(N2CCN(c3ccccc3Cl)CC2)cc(-c2ccc(-c3ccccc3)cc2)oc1=O. The first-order valence-corrected chi connectivity index (χ1v) is 11.5. The van der Waals surface area contributed by atoms with Gasteiger partial charge in [-0.1, -0.05) is 78.3 Å². The third-order valence-corrected chi connectivity index (χ3v) is 6.45. The van der Waals surface area contributed by atoms with Crippen molar-refractivity contribution in [3.63, 3.8) is 0 Å². The average molecular weight is 468 g/mol. The van der Waals surface area contributed by atoms with Gasteiger partial charge in [0, 0.05) is 37.8 Å². The highest BCUT2D eigenvalue weighted by Gasteiger charge is 2.23. The first kappa shape index (κ1) is 21.8. The number of nitrogens with zero attached hydrogens (tertiary/aromatic N) is 3. The summed E-state index contributed by atoms with van der Waals surface area (Å²) in [5, 5.41) is 10.4. The van der Waals surface area contributed by atoms with E-state index in [0.717, 1.165) is 40.5 Å². The lowest BCUT2D eigenvalue weighted by molar-refractivity contribution is 0.521. The summed E-state index contributed by atoms with van der Waals surface area (Å²) in [6.07, 6.45) is 0. The number of rotatable bonds is 4. The van der Waals surface area contributed by atoms with E-state index in [0.29, 0.717) is 24.5 Å². The molecule has 5 nitrogen and oxygen atoms in total. The maximum Gasteiger partial charge on any atom is 0.356 e. The third-order valence-electron chi connectivity index (χ3n) is 6.13. The predicted octanol–water partition coefficient (Wildman–Crippen LogP) is 5.83.